The normalized spacial score (nSPS) is 11.8. The number of phenolic OH excluding ortho intramolecular Hbond substituents is 1. The molecule has 0 bridgehead atoms. The Kier molecular flexibility index (Phi) is 4.06. The first kappa shape index (κ1) is 14.5. The van der Waals surface area contributed by atoms with Crippen LogP contribution in [0.4, 0.5) is 0 Å². The third-order valence-corrected chi connectivity index (χ3v) is 4.69. The van der Waals surface area contributed by atoms with Crippen LogP contribution in [0.2, 0.25) is 0 Å². The van der Waals surface area contributed by atoms with Crippen LogP contribution in [0.25, 0.3) is 0 Å². The van der Waals surface area contributed by atoms with Crippen molar-refractivity contribution in [2.45, 2.75) is 18.4 Å². The SMILES string of the molecule is Cc1cccc(CN(C)S(=O)(=O)c2ccc(O)cc2)n1. The predicted octanol–water partition coefficient (Wildman–Crippen LogP) is 1.92. The molecule has 0 unspecified atom stereocenters. The van der Waals surface area contributed by atoms with Crippen molar-refractivity contribution in [2.24, 2.45) is 0 Å². The molecule has 0 saturated heterocycles. The fourth-order valence-corrected chi connectivity index (χ4v) is 2.94. The second kappa shape index (κ2) is 5.60. The topological polar surface area (TPSA) is 70.5 Å². The Morgan fingerprint density at radius 1 is 1.15 bits per heavy atom. The Labute approximate surface area is 118 Å². The van der Waals surface area contributed by atoms with Gasteiger partial charge in [-0.1, -0.05) is 6.07 Å². The van der Waals surface area contributed by atoms with Crippen molar-refractivity contribution in [1.82, 2.24) is 9.29 Å². The molecule has 1 heterocycles. The molecule has 0 saturated carbocycles. The number of sulfonamides is 1. The highest BCUT2D eigenvalue weighted by atomic mass is 32.2. The van der Waals surface area contributed by atoms with Gasteiger partial charge in [-0.15, -0.1) is 0 Å². The molecule has 0 aliphatic carbocycles. The van der Waals surface area contributed by atoms with Gasteiger partial charge in [0.05, 0.1) is 17.1 Å². The van der Waals surface area contributed by atoms with Crippen LogP contribution in [0, 0.1) is 6.92 Å². The van der Waals surface area contributed by atoms with E-state index >= 15 is 0 Å². The molecule has 0 aliphatic heterocycles. The Morgan fingerprint density at radius 2 is 1.80 bits per heavy atom. The second-order valence-corrected chi connectivity index (χ2v) is 6.57. The summed E-state index contributed by atoms with van der Waals surface area (Å²) in [5.41, 5.74) is 1.53. The Morgan fingerprint density at radius 3 is 2.40 bits per heavy atom. The van der Waals surface area contributed by atoms with Gasteiger partial charge < -0.3 is 5.11 Å². The molecular formula is C14H16N2O3S. The predicted molar refractivity (Wildman–Crippen MR) is 75.7 cm³/mol. The summed E-state index contributed by atoms with van der Waals surface area (Å²) in [6.07, 6.45) is 0. The lowest BCUT2D eigenvalue weighted by molar-refractivity contribution is 0.460. The summed E-state index contributed by atoms with van der Waals surface area (Å²) in [5.74, 6) is 0.0342. The van der Waals surface area contributed by atoms with Gasteiger partial charge in [-0.05, 0) is 43.3 Å². The number of aromatic nitrogens is 1. The fourth-order valence-electron chi connectivity index (χ4n) is 1.80. The van der Waals surface area contributed by atoms with Gasteiger partial charge in [0.2, 0.25) is 10.0 Å². The third kappa shape index (κ3) is 3.15. The van der Waals surface area contributed by atoms with Crippen molar-refractivity contribution in [1.29, 1.82) is 0 Å². The number of aryl methyl sites for hydroxylation is 1. The van der Waals surface area contributed by atoms with Crippen molar-refractivity contribution in [3.8, 4) is 5.75 Å². The highest BCUT2D eigenvalue weighted by Gasteiger charge is 2.21. The molecule has 0 spiro atoms. The van der Waals surface area contributed by atoms with Crippen LogP contribution in [-0.4, -0.2) is 29.9 Å². The molecule has 1 N–H and O–H groups in total. The van der Waals surface area contributed by atoms with E-state index in [0.29, 0.717) is 5.69 Å². The average Bonchev–Trinajstić information content (AvgIpc) is 2.39. The zero-order chi connectivity index (χ0) is 14.8. The first-order valence-electron chi connectivity index (χ1n) is 6.07. The number of aromatic hydroxyl groups is 1. The van der Waals surface area contributed by atoms with Crippen molar-refractivity contribution in [3.05, 3.63) is 53.9 Å². The monoisotopic (exact) mass is 292 g/mol. The minimum Gasteiger partial charge on any atom is -0.508 e. The Bertz CT molecular complexity index is 697. The molecule has 1 aromatic heterocycles. The van der Waals surface area contributed by atoms with Gasteiger partial charge >= 0.3 is 0 Å². The van der Waals surface area contributed by atoms with Crippen molar-refractivity contribution in [3.63, 3.8) is 0 Å². The van der Waals surface area contributed by atoms with E-state index in [9.17, 15) is 13.5 Å². The van der Waals surface area contributed by atoms with Crippen LogP contribution < -0.4 is 0 Å². The summed E-state index contributed by atoms with van der Waals surface area (Å²) in [6, 6.07) is 11.0. The lowest BCUT2D eigenvalue weighted by Crippen LogP contribution is -2.26. The van der Waals surface area contributed by atoms with Crippen LogP contribution in [0.15, 0.2) is 47.4 Å². The molecule has 0 radical (unpaired) electrons. The highest BCUT2D eigenvalue weighted by Crippen LogP contribution is 2.19. The van der Waals surface area contributed by atoms with Crippen molar-refractivity contribution >= 4 is 10.0 Å². The largest absolute Gasteiger partial charge is 0.508 e. The molecule has 1 aromatic carbocycles. The third-order valence-electron chi connectivity index (χ3n) is 2.88. The van der Waals surface area contributed by atoms with E-state index < -0.39 is 10.0 Å². The maximum atomic E-state index is 12.3. The van der Waals surface area contributed by atoms with Crippen molar-refractivity contribution in [2.75, 3.05) is 7.05 Å². The van der Waals surface area contributed by atoms with E-state index in [1.54, 1.807) is 6.07 Å². The quantitative estimate of drug-likeness (QED) is 0.934. The molecule has 0 fully saturated rings. The van der Waals surface area contributed by atoms with E-state index in [4.69, 9.17) is 0 Å². The summed E-state index contributed by atoms with van der Waals surface area (Å²) in [5, 5.41) is 9.21. The van der Waals surface area contributed by atoms with E-state index in [1.807, 2.05) is 19.1 Å². The first-order valence-corrected chi connectivity index (χ1v) is 7.51. The molecule has 20 heavy (non-hydrogen) atoms. The zero-order valence-corrected chi connectivity index (χ0v) is 12.1. The van der Waals surface area contributed by atoms with Gasteiger partial charge in [0.1, 0.15) is 5.75 Å². The van der Waals surface area contributed by atoms with Crippen LogP contribution in [-0.2, 0) is 16.6 Å². The van der Waals surface area contributed by atoms with Crippen LogP contribution in [0.5, 0.6) is 5.75 Å². The fraction of sp³-hybridized carbons (Fsp3) is 0.214. The van der Waals surface area contributed by atoms with Gasteiger partial charge in [0.25, 0.3) is 0 Å². The number of hydrogen-bond acceptors (Lipinski definition) is 4. The van der Waals surface area contributed by atoms with Crippen LogP contribution >= 0.6 is 0 Å². The molecular weight excluding hydrogens is 276 g/mol. The van der Waals surface area contributed by atoms with Gasteiger partial charge in [-0.3, -0.25) is 4.98 Å². The summed E-state index contributed by atoms with van der Waals surface area (Å²) in [4.78, 5) is 4.43. The first-order chi connectivity index (χ1) is 9.39. The smallest absolute Gasteiger partial charge is 0.243 e. The summed E-state index contributed by atoms with van der Waals surface area (Å²) in [7, 11) is -2.08. The maximum Gasteiger partial charge on any atom is 0.243 e. The van der Waals surface area contributed by atoms with Gasteiger partial charge in [-0.25, -0.2) is 8.42 Å². The number of rotatable bonds is 4. The minimum absolute atomic E-state index is 0.0342. The molecule has 6 heteroatoms. The maximum absolute atomic E-state index is 12.3. The Balaban J connectivity index is 2.23. The second-order valence-electron chi connectivity index (χ2n) is 4.53. The lowest BCUT2D eigenvalue weighted by atomic mass is 10.3. The molecule has 0 amide bonds. The number of hydrogen-bond donors (Lipinski definition) is 1. The average molecular weight is 292 g/mol. The van der Waals surface area contributed by atoms with Crippen molar-refractivity contribution < 1.29 is 13.5 Å². The van der Waals surface area contributed by atoms with Gasteiger partial charge in [0.15, 0.2) is 0 Å². The lowest BCUT2D eigenvalue weighted by Gasteiger charge is -2.17. The molecule has 2 aromatic rings. The van der Waals surface area contributed by atoms with E-state index in [1.165, 1.54) is 35.6 Å². The van der Waals surface area contributed by atoms with Gasteiger partial charge in [-0.2, -0.15) is 4.31 Å². The number of phenols is 1. The molecule has 0 atom stereocenters. The molecule has 106 valence electrons. The number of nitrogens with zero attached hydrogens (tertiary/aromatic N) is 2. The summed E-state index contributed by atoms with van der Waals surface area (Å²) < 4.78 is 25.9. The van der Waals surface area contributed by atoms with Crippen LogP contribution in [0.1, 0.15) is 11.4 Å². The summed E-state index contributed by atoms with van der Waals surface area (Å²) >= 11 is 0. The summed E-state index contributed by atoms with van der Waals surface area (Å²) in [6.45, 7) is 2.06. The van der Waals surface area contributed by atoms with E-state index in [-0.39, 0.29) is 17.2 Å². The zero-order valence-electron chi connectivity index (χ0n) is 11.3. The number of pyridine rings is 1. The van der Waals surface area contributed by atoms with Gasteiger partial charge in [0, 0.05) is 12.7 Å². The standard InChI is InChI=1S/C14H16N2O3S/c1-11-4-3-5-12(15-11)10-16(2)20(18,19)14-8-6-13(17)7-9-14/h3-9,17H,10H2,1-2H3. The van der Waals surface area contributed by atoms with Crippen LogP contribution in [0.3, 0.4) is 0 Å². The number of benzene rings is 1. The van der Waals surface area contributed by atoms with E-state index in [0.717, 1.165) is 5.69 Å². The molecule has 2 rings (SSSR count). The molecule has 5 nitrogen and oxygen atoms in total. The highest BCUT2D eigenvalue weighted by molar-refractivity contribution is 7.89. The molecule has 0 aliphatic rings. The Hall–Kier alpha value is -1.92. The minimum atomic E-state index is -3.58. The van der Waals surface area contributed by atoms with E-state index in [2.05, 4.69) is 4.98 Å².